The molecule has 0 saturated carbocycles. The smallest absolute Gasteiger partial charge is 0.148 e. The minimum Gasteiger partial charge on any atom is -0.313 e. The predicted octanol–water partition coefficient (Wildman–Crippen LogP) is 4.75. The second kappa shape index (κ2) is 6.66. The van der Waals surface area contributed by atoms with Crippen LogP contribution in [0.5, 0.6) is 0 Å². The third-order valence-electron chi connectivity index (χ3n) is 4.39. The van der Waals surface area contributed by atoms with Crippen LogP contribution in [0.25, 0.3) is 10.9 Å². The van der Waals surface area contributed by atoms with Crippen LogP contribution in [-0.4, -0.2) is 4.98 Å². The molecule has 0 aliphatic heterocycles. The SMILES string of the molecule is O=P(Cc1ccc2ccccc2n1)(c1ccccc1)c1ccccc1. The topological polar surface area (TPSA) is 30.0 Å². The van der Waals surface area contributed by atoms with Crippen LogP contribution >= 0.6 is 7.14 Å². The molecule has 0 bridgehead atoms. The van der Waals surface area contributed by atoms with Crippen LogP contribution in [0, 0.1) is 0 Å². The molecule has 0 N–H and O–H groups in total. The fourth-order valence-corrected chi connectivity index (χ4v) is 5.70. The molecule has 0 unspecified atom stereocenters. The van der Waals surface area contributed by atoms with Crippen LogP contribution in [0.3, 0.4) is 0 Å². The zero-order valence-corrected chi connectivity index (χ0v) is 14.6. The molecule has 3 aromatic carbocycles. The van der Waals surface area contributed by atoms with E-state index in [1.54, 1.807) is 0 Å². The molecule has 0 spiro atoms. The number of hydrogen-bond acceptors (Lipinski definition) is 2. The lowest BCUT2D eigenvalue weighted by molar-refractivity contribution is 0.586. The van der Waals surface area contributed by atoms with Crippen molar-refractivity contribution in [2.24, 2.45) is 0 Å². The van der Waals surface area contributed by atoms with Gasteiger partial charge in [-0.15, -0.1) is 0 Å². The Balaban J connectivity index is 1.82. The van der Waals surface area contributed by atoms with Crippen LogP contribution in [-0.2, 0) is 10.7 Å². The maximum absolute atomic E-state index is 14.1. The van der Waals surface area contributed by atoms with Crippen LogP contribution in [0.2, 0.25) is 0 Å². The molecular weight excluding hydrogens is 325 g/mol. The molecule has 1 aromatic heterocycles. The summed E-state index contributed by atoms with van der Waals surface area (Å²) in [5.74, 6) is 0. The Hall–Kier alpha value is -2.70. The second-order valence-corrected chi connectivity index (χ2v) is 8.89. The minimum absolute atomic E-state index is 0.422. The third-order valence-corrected chi connectivity index (χ3v) is 7.42. The van der Waals surface area contributed by atoms with E-state index in [1.807, 2.05) is 91.0 Å². The number of aromatic nitrogens is 1. The van der Waals surface area contributed by atoms with Gasteiger partial charge >= 0.3 is 0 Å². The fourth-order valence-electron chi connectivity index (χ4n) is 3.09. The van der Waals surface area contributed by atoms with Crippen molar-refractivity contribution in [3.8, 4) is 0 Å². The lowest BCUT2D eigenvalue weighted by atomic mass is 10.2. The van der Waals surface area contributed by atoms with Crippen LogP contribution in [0.1, 0.15) is 5.69 Å². The van der Waals surface area contributed by atoms with Gasteiger partial charge in [0.1, 0.15) is 7.14 Å². The van der Waals surface area contributed by atoms with Gasteiger partial charge in [-0.1, -0.05) is 84.9 Å². The molecule has 2 nitrogen and oxygen atoms in total. The summed E-state index contributed by atoms with van der Waals surface area (Å²) in [6.45, 7) is 0. The van der Waals surface area contributed by atoms with E-state index in [1.165, 1.54) is 0 Å². The quantitative estimate of drug-likeness (QED) is 0.501. The standard InChI is InChI=1S/C22H18NOP/c24-25(20-10-3-1-4-11-20,21-12-5-2-6-13-21)17-19-16-15-18-9-7-8-14-22(18)23-19/h1-16H,17H2. The molecule has 0 aliphatic carbocycles. The summed E-state index contributed by atoms with van der Waals surface area (Å²) in [6, 6.07) is 31.5. The molecule has 4 rings (SSSR count). The van der Waals surface area contributed by atoms with Crippen molar-refractivity contribution in [2.45, 2.75) is 6.16 Å². The summed E-state index contributed by atoms with van der Waals surface area (Å²) in [4.78, 5) is 4.74. The minimum atomic E-state index is -2.79. The average molecular weight is 343 g/mol. The summed E-state index contributed by atoms with van der Waals surface area (Å²) in [5, 5.41) is 2.84. The zero-order valence-electron chi connectivity index (χ0n) is 13.7. The summed E-state index contributed by atoms with van der Waals surface area (Å²) in [7, 11) is -2.79. The average Bonchev–Trinajstić information content (AvgIpc) is 2.69. The highest BCUT2D eigenvalue weighted by Crippen LogP contribution is 2.46. The lowest BCUT2D eigenvalue weighted by Crippen LogP contribution is -2.17. The van der Waals surface area contributed by atoms with E-state index in [2.05, 4.69) is 6.07 Å². The van der Waals surface area contributed by atoms with Gasteiger partial charge in [0, 0.05) is 21.7 Å². The van der Waals surface area contributed by atoms with E-state index in [0.29, 0.717) is 6.16 Å². The highest BCUT2D eigenvalue weighted by molar-refractivity contribution is 7.78. The van der Waals surface area contributed by atoms with E-state index >= 15 is 0 Å². The van der Waals surface area contributed by atoms with Crippen molar-refractivity contribution in [3.05, 3.63) is 103 Å². The number of fused-ring (bicyclic) bond motifs is 1. The van der Waals surface area contributed by atoms with Crippen molar-refractivity contribution >= 4 is 28.7 Å². The van der Waals surface area contributed by atoms with Gasteiger partial charge < -0.3 is 4.57 Å². The number of para-hydroxylation sites is 1. The van der Waals surface area contributed by atoms with Gasteiger partial charge in [0.15, 0.2) is 0 Å². The highest BCUT2D eigenvalue weighted by Gasteiger charge is 2.28. The van der Waals surface area contributed by atoms with E-state index < -0.39 is 7.14 Å². The highest BCUT2D eigenvalue weighted by atomic mass is 31.2. The molecule has 1 heterocycles. The van der Waals surface area contributed by atoms with Crippen LogP contribution in [0.15, 0.2) is 97.1 Å². The summed E-state index contributed by atoms with van der Waals surface area (Å²) >= 11 is 0. The van der Waals surface area contributed by atoms with Gasteiger partial charge in [0.2, 0.25) is 0 Å². The van der Waals surface area contributed by atoms with Gasteiger partial charge in [-0.25, -0.2) is 0 Å². The van der Waals surface area contributed by atoms with E-state index in [0.717, 1.165) is 27.2 Å². The number of hydrogen-bond donors (Lipinski definition) is 0. The van der Waals surface area contributed by atoms with Gasteiger partial charge in [-0.2, -0.15) is 0 Å². The Morgan fingerprint density at radius 1 is 0.640 bits per heavy atom. The maximum atomic E-state index is 14.1. The normalized spacial score (nSPS) is 11.5. The Labute approximate surface area is 147 Å². The third kappa shape index (κ3) is 3.14. The van der Waals surface area contributed by atoms with Gasteiger partial charge in [0.25, 0.3) is 0 Å². The van der Waals surface area contributed by atoms with Crippen molar-refractivity contribution in [2.75, 3.05) is 0 Å². The number of benzene rings is 3. The molecule has 122 valence electrons. The molecule has 0 saturated heterocycles. The molecule has 0 amide bonds. The Morgan fingerprint density at radius 2 is 1.20 bits per heavy atom. The van der Waals surface area contributed by atoms with E-state index in [9.17, 15) is 4.57 Å². The van der Waals surface area contributed by atoms with Crippen LogP contribution < -0.4 is 10.6 Å². The first-order valence-corrected chi connectivity index (χ1v) is 10.2. The molecule has 0 fully saturated rings. The molecule has 3 heteroatoms. The van der Waals surface area contributed by atoms with Gasteiger partial charge in [-0.05, 0) is 12.1 Å². The van der Waals surface area contributed by atoms with E-state index in [4.69, 9.17) is 4.98 Å². The van der Waals surface area contributed by atoms with Crippen molar-refractivity contribution in [1.82, 2.24) is 4.98 Å². The lowest BCUT2D eigenvalue weighted by Gasteiger charge is -2.19. The van der Waals surface area contributed by atoms with Crippen molar-refractivity contribution < 1.29 is 4.57 Å². The number of pyridine rings is 1. The van der Waals surface area contributed by atoms with Crippen LogP contribution in [0.4, 0.5) is 0 Å². The first-order chi connectivity index (χ1) is 12.3. The van der Waals surface area contributed by atoms with Gasteiger partial charge in [0.05, 0.1) is 11.7 Å². The first kappa shape index (κ1) is 15.8. The molecule has 4 aromatic rings. The largest absolute Gasteiger partial charge is 0.313 e. The Morgan fingerprint density at radius 3 is 1.84 bits per heavy atom. The molecule has 25 heavy (non-hydrogen) atoms. The molecular formula is C22H18NOP. The zero-order chi connectivity index (χ0) is 17.1. The summed E-state index contributed by atoms with van der Waals surface area (Å²) in [6.07, 6.45) is 0.422. The van der Waals surface area contributed by atoms with Crippen molar-refractivity contribution in [3.63, 3.8) is 0 Å². The number of rotatable bonds is 4. The molecule has 0 radical (unpaired) electrons. The maximum Gasteiger partial charge on any atom is 0.148 e. The summed E-state index contributed by atoms with van der Waals surface area (Å²) < 4.78 is 14.1. The fraction of sp³-hybridized carbons (Fsp3) is 0.0455. The van der Waals surface area contributed by atoms with E-state index in [-0.39, 0.29) is 0 Å². The summed E-state index contributed by atoms with van der Waals surface area (Å²) in [5.41, 5.74) is 1.79. The molecule has 0 aliphatic rings. The second-order valence-electron chi connectivity index (χ2n) is 6.06. The van der Waals surface area contributed by atoms with Gasteiger partial charge in [-0.3, -0.25) is 4.98 Å². The predicted molar refractivity (Wildman–Crippen MR) is 105 cm³/mol. The Bertz CT molecular complexity index is 1000. The van der Waals surface area contributed by atoms with Crippen molar-refractivity contribution in [1.29, 1.82) is 0 Å². The molecule has 0 atom stereocenters. The monoisotopic (exact) mass is 343 g/mol. The number of nitrogens with zero attached hydrogens (tertiary/aromatic N) is 1. The first-order valence-electron chi connectivity index (χ1n) is 8.31. The Kier molecular flexibility index (Phi) is 4.21.